The molecule has 0 aliphatic rings. The van der Waals surface area contributed by atoms with Gasteiger partial charge in [-0.25, -0.2) is 4.79 Å². The molecule has 0 bridgehead atoms. The van der Waals surface area contributed by atoms with E-state index in [9.17, 15) is 9.59 Å². The number of hydrogen-bond acceptors (Lipinski definition) is 3. The highest BCUT2D eigenvalue weighted by Crippen LogP contribution is 2.13. The fourth-order valence-electron chi connectivity index (χ4n) is 1.41. The minimum atomic E-state index is -1.04. The molecule has 0 radical (unpaired) electrons. The Labute approximate surface area is 125 Å². The second kappa shape index (κ2) is 7.32. The summed E-state index contributed by atoms with van der Waals surface area (Å²) in [7, 11) is 0. The topological polar surface area (TPSA) is 75.6 Å². The number of ether oxygens (including phenoxy) is 1. The van der Waals surface area contributed by atoms with Gasteiger partial charge in [0.05, 0.1) is 0 Å². The second-order valence-electron chi connectivity index (χ2n) is 4.37. The van der Waals surface area contributed by atoms with Gasteiger partial charge in [-0.05, 0) is 52.8 Å². The third-order valence-corrected chi connectivity index (χ3v) is 3.15. The largest absolute Gasteiger partial charge is 0.484 e. The van der Waals surface area contributed by atoms with Crippen LogP contribution in [0.25, 0.3) is 0 Å². The first-order chi connectivity index (χ1) is 8.90. The summed E-state index contributed by atoms with van der Waals surface area (Å²) < 4.78 is 6.34. The van der Waals surface area contributed by atoms with Crippen molar-refractivity contribution in [1.82, 2.24) is 5.32 Å². The van der Waals surface area contributed by atoms with Crippen LogP contribution in [-0.4, -0.2) is 29.6 Å². The predicted octanol–water partition coefficient (Wildman–Crippen LogP) is 1.90. The average molecular weight is 377 g/mol. The van der Waals surface area contributed by atoms with Crippen molar-refractivity contribution in [2.75, 3.05) is 6.61 Å². The number of halogens is 1. The van der Waals surface area contributed by atoms with Crippen LogP contribution in [0.4, 0.5) is 0 Å². The van der Waals surface area contributed by atoms with E-state index < -0.39 is 17.9 Å². The predicted molar refractivity (Wildman–Crippen MR) is 79.1 cm³/mol. The fraction of sp³-hybridized carbons (Fsp3) is 0.385. The first kappa shape index (κ1) is 15.7. The van der Waals surface area contributed by atoms with Gasteiger partial charge in [-0.15, -0.1) is 0 Å². The molecule has 6 heteroatoms. The van der Waals surface area contributed by atoms with Crippen LogP contribution in [0.5, 0.6) is 5.75 Å². The summed E-state index contributed by atoms with van der Waals surface area (Å²) >= 11 is 2.17. The summed E-state index contributed by atoms with van der Waals surface area (Å²) in [6.45, 7) is 3.27. The number of benzene rings is 1. The smallest absolute Gasteiger partial charge is 0.326 e. The van der Waals surface area contributed by atoms with E-state index in [-0.39, 0.29) is 12.5 Å². The molecule has 104 valence electrons. The van der Waals surface area contributed by atoms with Crippen molar-refractivity contribution in [1.29, 1.82) is 0 Å². The molecular formula is C13H16INO4. The van der Waals surface area contributed by atoms with Crippen molar-refractivity contribution in [2.45, 2.75) is 19.9 Å². The quantitative estimate of drug-likeness (QED) is 0.743. The van der Waals surface area contributed by atoms with Crippen LogP contribution in [0.15, 0.2) is 24.3 Å². The molecule has 0 saturated heterocycles. The molecule has 0 saturated carbocycles. The number of carbonyl (C=O) groups excluding carboxylic acids is 1. The first-order valence-corrected chi connectivity index (χ1v) is 6.88. The highest BCUT2D eigenvalue weighted by atomic mass is 127. The van der Waals surface area contributed by atoms with Gasteiger partial charge in [0.1, 0.15) is 11.8 Å². The maximum Gasteiger partial charge on any atom is 0.326 e. The molecule has 0 fully saturated rings. The standard InChI is InChI=1S/C13H16INO4/c1-8(2)12(13(17)18)15-11(16)7-19-10-5-3-9(14)4-6-10/h3-6,8,12H,7H2,1-2H3,(H,15,16)(H,17,18)/t12-/m0/s1. The summed E-state index contributed by atoms with van der Waals surface area (Å²) in [4.78, 5) is 22.5. The Morgan fingerprint density at radius 2 is 1.89 bits per heavy atom. The fourth-order valence-corrected chi connectivity index (χ4v) is 1.77. The number of amides is 1. The van der Waals surface area contributed by atoms with Gasteiger partial charge >= 0.3 is 5.97 Å². The highest BCUT2D eigenvalue weighted by molar-refractivity contribution is 14.1. The number of rotatable bonds is 6. The van der Waals surface area contributed by atoms with Crippen molar-refractivity contribution >= 4 is 34.5 Å². The van der Waals surface area contributed by atoms with Gasteiger partial charge < -0.3 is 15.2 Å². The van der Waals surface area contributed by atoms with Gasteiger partial charge in [0.15, 0.2) is 6.61 Å². The zero-order valence-electron chi connectivity index (χ0n) is 10.7. The van der Waals surface area contributed by atoms with Gasteiger partial charge in [0.2, 0.25) is 0 Å². The molecule has 0 aliphatic carbocycles. The summed E-state index contributed by atoms with van der Waals surface area (Å²) in [5.74, 6) is -1.09. The molecular weight excluding hydrogens is 361 g/mol. The number of aliphatic carboxylic acids is 1. The monoisotopic (exact) mass is 377 g/mol. The van der Waals surface area contributed by atoms with Crippen molar-refractivity contribution in [3.05, 3.63) is 27.8 Å². The molecule has 0 aliphatic heterocycles. The molecule has 1 amide bonds. The maximum absolute atomic E-state index is 11.6. The van der Waals surface area contributed by atoms with Crippen LogP contribution < -0.4 is 10.1 Å². The van der Waals surface area contributed by atoms with Crippen LogP contribution >= 0.6 is 22.6 Å². The number of hydrogen-bond donors (Lipinski definition) is 2. The maximum atomic E-state index is 11.6. The van der Waals surface area contributed by atoms with E-state index in [0.717, 1.165) is 3.57 Å². The lowest BCUT2D eigenvalue weighted by Gasteiger charge is -2.17. The molecule has 2 N–H and O–H groups in total. The Bertz CT molecular complexity index is 444. The summed E-state index contributed by atoms with van der Waals surface area (Å²) in [6, 6.07) is 6.34. The van der Waals surface area contributed by atoms with Gasteiger partial charge in [-0.3, -0.25) is 4.79 Å². The third-order valence-electron chi connectivity index (χ3n) is 2.43. The lowest BCUT2D eigenvalue weighted by Crippen LogP contribution is -2.46. The van der Waals surface area contributed by atoms with Crippen molar-refractivity contribution < 1.29 is 19.4 Å². The average Bonchev–Trinajstić information content (AvgIpc) is 2.34. The van der Waals surface area contributed by atoms with Crippen LogP contribution in [0.1, 0.15) is 13.8 Å². The molecule has 1 atom stereocenters. The van der Waals surface area contributed by atoms with Gasteiger partial charge in [0.25, 0.3) is 5.91 Å². The van der Waals surface area contributed by atoms with E-state index in [4.69, 9.17) is 9.84 Å². The van der Waals surface area contributed by atoms with Crippen molar-refractivity contribution in [3.8, 4) is 5.75 Å². The third kappa shape index (κ3) is 5.46. The Balaban J connectivity index is 2.47. The normalized spacial score (nSPS) is 12.0. The SMILES string of the molecule is CC(C)[C@H](NC(=O)COc1ccc(I)cc1)C(=O)O. The van der Waals surface area contributed by atoms with Crippen molar-refractivity contribution in [2.24, 2.45) is 5.92 Å². The van der Waals surface area contributed by atoms with E-state index in [2.05, 4.69) is 27.9 Å². The lowest BCUT2D eigenvalue weighted by molar-refractivity contribution is -0.143. The summed E-state index contributed by atoms with van der Waals surface area (Å²) in [6.07, 6.45) is 0. The zero-order chi connectivity index (χ0) is 14.4. The molecule has 0 heterocycles. The Hall–Kier alpha value is -1.31. The van der Waals surface area contributed by atoms with E-state index in [1.807, 2.05) is 12.1 Å². The number of nitrogens with one attached hydrogen (secondary N) is 1. The molecule has 0 aromatic heterocycles. The van der Waals surface area contributed by atoms with E-state index in [1.54, 1.807) is 26.0 Å². The number of carbonyl (C=O) groups is 2. The number of carboxylic acids is 1. The highest BCUT2D eigenvalue weighted by Gasteiger charge is 2.23. The molecule has 19 heavy (non-hydrogen) atoms. The van der Waals surface area contributed by atoms with Gasteiger partial charge in [-0.1, -0.05) is 13.8 Å². The zero-order valence-corrected chi connectivity index (χ0v) is 12.9. The molecule has 5 nitrogen and oxygen atoms in total. The Kier molecular flexibility index (Phi) is 6.07. The molecule has 1 aromatic carbocycles. The summed E-state index contributed by atoms with van der Waals surface area (Å²) in [5, 5.41) is 11.4. The molecule has 0 spiro atoms. The minimum Gasteiger partial charge on any atom is -0.484 e. The van der Waals surface area contributed by atoms with E-state index in [0.29, 0.717) is 5.75 Å². The molecule has 1 aromatic rings. The number of carboxylic acid groups (broad SMARTS) is 1. The molecule has 0 unspecified atom stereocenters. The van der Waals surface area contributed by atoms with E-state index >= 15 is 0 Å². The van der Waals surface area contributed by atoms with Gasteiger partial charge in [0, 0.05) is 3.57 Å². The Morgan fingerprint density at radius 1 is 1.32 bits per heavy atom. The molecule has 1 rings (SSSR count). The van der Waals surface area contributed by atoms with Crippen molar-refractivity contribution in [3.63, 3.8) is 0 Å². The van der Waals surface area contributed by atoms with Crippen LogP contribution in [0, 0.1) is 9.49 Å². The van der Waals surface area contributed by atoms with Crippen LogP contribution in [0.2, 0.25) is 0 Å². The first-order valence-electron chi connectivity index (χ1n) is 5.80. The second-order valence-corrected chi connectivity index (χ2v) is 5.62. The van der Waals surface area contributed by atoms with Crippen LogP contribution in [0.3, 0.4) is 0 Å². The van der Waals surface area contributed by atoms with Crippen LogP contribution in [-0.2, 0) is 9.59 Å². The van der Waals surface area contributed by atoms with E-state index in [1.165, 1.54) is 0 Å². The Morgan fingerprint density at radius 3 is 2.37 bits per heavy atom. The minimum absolute atomic E-state index is 0.181. The van der Waals surface area contributed by atoms with Gasteiger partial charge in [-0.2, -0.15) is 0 Å². The summed E-state index contributed by atoms with van der Waals surface area (Å²) in [5.41, 5.74) is 0. The lowest BCUT2D eigenvalue weighted by atomic mass is 10.1.